The van der Waals surface area contributed by atoms with Crippen LogP contribution in [0.25, 0.3) is 0 Å². The number of thiazole rings is 1. The minimum atomic E-state index is -1.05. The van der Waals surface area contributed by atoms with E-state index in [-0.39, 0.29) is 0 Å². The lowest BCUT2D eigenvalue weighted by Crippen LogP contribution is -2.32. The number of carboxylic acid groups (broad SMARTS) is 1. The van der Waals surface area contributed by atoms with Gasteiger partial charge in [-0.25, -0.2) is 4.98 Å². The van der Waals surface area contributed by atoms with Gasteiger partial charge in [-0.1, -0.05) is 0 Å². The van der Waals surface area contributed by atoms with Crippen LogP contribution in [-0.2, 0) is 15.0 Å². The molecular weight excluding hydrogens is 242 g/mol. The third kappa shape index (κ3) is 2.94. The maximum absolute atomic E-state index is 11.0. The quantitative estimate of drug-likeness (QED) is 0.723. The lowest BCUT2D eigenvalue weighted by molar-refractivity contribution is -0.142. The molecule has 0 aliphatic rings. The SMILES string of the molecule is CC(Nc1nc(C(C)(C)C(=O)O)cs1)C(N)=O. The zero-order valence-electron chi connectivity index (χ0n) is 9.85. The number of aliphatic carboxylic acids is 1. The maximum Gasteiger partial charge on any atom is 0.315 e. The maximum atomic E-state index is 11.0. The summed E-state index contributed by atoms with van der Waals surface area (Å²) in [6.45, 7) is 4.77. The highest BCUT2D eigenvalue weighted by atomic mass is 32.1. The van der Waals surface area contributed by atoms with Gasteiger partial charge in [-0.15, -0.1) is 11.3 Å². The second kappa shape index (κ2) is 4.70. The van der Waals surface area contributed by atoms with E-state index in [4.69, 9.17) is 10.8 Å². The van der Waals surface area contributed by atoms with Crippen LogP contribution >= 0.6 is 11.3 Å². The number of primary amides is 1. The number of carboxylic acids is 1. The van der Waals surface area contributed by atoms with Crippen molar-refractivity contribution < 1.29 is 14.7 Å². The Bertz CT molecular complexity index is 442. The number of hydrogen-bond acceptors (Lipinski definition) is 5. The summed E-state index contributed by atoms with van der Waals surface area (Å²) in [6.07, 6.45) is 0. The zero-order chi connectivity index (χ0) is 13.2. The lowest BCUT2D eigenvalue weighted by atomic mass is 9.90. The van der Waals surface area contributed by atoms with Gasteiger partial charge >= 0.3 is 5.97 Å². The first-order valence-corrected chi connectivity index (χ1v) is 5.88. The summed E-state index contributed by atoms with van der Waals surface area (Å²) in [6, 6.07) is -0.540. The number of nitrogens with two attached hydrogens (primary N) is 1. The largest absolute Gasteiger partial charge is 0.481 e. The van der Waals surface area contributed by atoms with Gasteiger partial charge in [0, 0.05) is 5.38 Å². The molecule has 0 radical (unpaired) electrons. The average molecular weight is 257 g/mol. The van der Waals surface area contributed by atoms with Gasteiger partial charge in [0.1, 0.15) is 11.5 Å². The molecule has 0 spiro atoms. The summed E-state index contributed by atoms with van der Waals surface area (Å²) in [7, 11) is 0. The molecule has 94 valence electrons. The molecular formula is C10H15N3O3S. The van der Waals surface area contributed by atoms with E-state index in [9.17, 15) is 9.59 Å². The van der Waals surface area contributed by atoms with Crippen LogP contribution in [0.15, 0.2) is 5.38 Å². The first-order valence-electron chi connectivity index (χ1n) is 5.00. The van der Waals surface area contributed by atoms with Crippen molar-refractivity contribution in [3.63, 3.8) is 0 Å². The van der Waals surface area contributed by atoms with Gasteiger partial charge in [0.05, 0.1) is 5.69 Å². The normalized spacial score (nSPS) is 13.1. The van der Waals surface area contributed by atoms with E-state index in [0.717, 1.165) is 0 Å². The predicted molar refractivity (Wildman–Crippen MR) is 65.1 cm³/mol. The fourth-order valence-corrected chi connectivity index (χ4v) is 1.96. The first-order chi connectivity index (χ1) is 7.75. The number of aromatic nitrogens is 1. The highest BCUT2D eigenvalue weighted by Gasteiger charge is 2.32. The summed E-state index contributed by atoms with van der Waals surface area (Å²) in [5.41, 5.74) is 4.51. The molecule has 1 rings (SSSR count). The van der Waals surface area contributed by atoms with Gasteiger partial charge < -0.3 is 16.2 Å². The van der Waals surface area contributed by atoms with Gasteiger partial charge in [0.15, 0.2) is 5.13 Å². The molecule has 1 heterocycles. The molecule has 1 aromatic rings. The number of nitrogens with zero attached hydrogens (tertiary/aromatic N) is 1. The van der Waals surface area contributed by atoms with E-state index in [2.05, 4.69) is 10.3 Å². The minimum Gasteiger partial charge on any atom is -0.481 e. The van der Waals surface area contributed by atoms with E-state index >= 15 is 0 Å². The number of carbonyl (C=O) groups is 2. The number of amides is 1. The van der Waals surface area contributed by atoms with Crippen LogP contribution < -0.4 is 11.1 Å². The number of nitrogens with one attached hydrogen (secondary N) is 1. The number of carbonyl (C=O) groups excluding carboxylic acids is 1. The van der Waals surface area contributed by atoms with Crippen LogP contribution in [0.4, 0.5) is 5.13 Å². The Morgan fingerprint density at radius 3 is 2.65 bits per heavy atom. The highest BCUT2D eigenvalue weighted by Crippen LogP contribution is 2.27. The van der Waals surface area contributed by atoms with Crippen LogP contribution in [0.2, 0.25) is 0 Å². The molecule has 1 amide bonds. The number of anilines is 1. The Hall–Kier alpha value is -1.63. The van der Waals surface area contributed by atoms with Crippen molar-refractivity contribution in [2.45, 2.75) is 32.2 Å². The third-order valence-corrected chi connectivity index (χ3v) is 3.22. The smallest absolute Gasteiger partial charge is 0.315 e. The van der Waals surface area contributed by atoms with Gasteiger partial charge in [-0.2, -0.15) is 0 Å². The Balaban J connectivity index is 2.86. The molecule has 17 heavy (non-hydrogen) atoms. The molecule has 0 aliphatic carbocycles. The number of rotatable bonds is 5. The standard InChI is InChI=1S/C10H15N3O3S/c1-5(7(11)14)12-9-13-6(4-17-9)10(2,3)8(15)16/h4-5H,1-3H3,(H2,11,14)(H,12,13)(H,15,16). The molecule has 6 nitrogen and oxygen atoms in total. The molecule has 0 aliphatic heterocycles. The second-order valence-corrected chi connectivity index (χ2v) is 5.09. The summed E-state index contributed by atoms with van der Waals surface area (Å²) in [4.78, 5) is 26.0. The van der Waals surface area contributed by atoms with E-state index in [1.54, 1.807) is 26.2 Å². The molecule has 1 atom stereocenters. The number of hydrogen-bond donors (Lipinski definition) is 3. The van der Waals surface area contributed by atoms with Gasteiger partial charge in [-0.05, 0) is 20.8 Å². The molecule has 0 fully saturated rings. The monoisotopic (exact) mass is 257 g/mol. The Morgan fingerprint density at radius 2 is 2.18 bits per heavy atom. The first kappa shape index (κ1) is 13.4. The molecule has 1 unspecified atom stereocenters. The zero-order valence-corrected chi connectivity index (χ0v) is 10.7. The van der Waals surface area contributed by atoms with Gasteiger partial charge in [0.25, 0.3) is 0 Å². The fraction of sp³-hybridized carbons (Fsp3) is 0.500. The van der Waals surface area contributed by atoms with E-state index < -0.39 is 23.3 Å². The van der Waals surface area contributed by atoms with E-state index in [1.807, 2.05) is 0 Å². The molecule has 0 bridgehead atoms. The van der Waals surface area contributed by atoms with Crippen LogP contribution in [0.1, 0.15) is 26.5 Å². The summed E-state index contributed by atoms with van der Waals surface area (Å²) >= 11 is 1.25. The topological polar surface area (TPSA) is 105 Å². The summed E-state index contributed by atoms with van der Waals surface area (Å²) in [5, 5.41) is 14.0. The van der Waals surface area contributed by atoms with Gasteiger partial charge in [0.2, 0.25) is 5.91 Å². The second-order valence-electron chi connectivity index (χ2n) is 4.24. The van der Waals surface area contributed by atoms with Crippen molar-refractivity contribution in [2.24, 2.45) is 5.73 Å². The molecule has 0 aromatic carbocycles. The fourth-order valence-electron chi connectivity index (χ4n) is 0.993. The van der Waals surface area contributed by atoms with Crippen LogP contribution in [0.3, 0.4) is 0 Å². The van der Waals surface area contributed by atoms with Crippen LogP contribution in [0.5, 0.6) is 0 Å². The molecule has 0 saturated heterocycles. The Labute approximate surface area is 103 Å². The van der Waals surface area contributed by atoms with Crippen molar-refractivity contribution in [1.29, 1.82) is 0 Å². The van der Waals surface area contributed by atoms with Crippen molar-refractivity contribution >= 4 is 28.3 Å². The van der Waals surface area contributed by atoms with Crippen LogP contribution in [-0.4, -0.2) is 28.0 Å². The Kier molecular flexibility index (Phi) is 3.72. The Morgan fingerprint density at radius 1 is 1.59 bits per heavy atom. The van der Waals surface area contributed by atoms with Crippen molar-refractivity contribution in [3.8, 4) is 0 Å². The lowest BCUT2D eigenvalue weighted by Gasteiger charge is -2.15. The molecule has 4 N–H and O–H groups in total. The molecule has 1 aromatic heterocycles. The van der Waals surface area contributed by atoms with Crippen LogP contribution in [0, 0.1) is 0 Å². The highest BCUT2D eigenvalue weighted by molar-refractivity contribution is 7.13. The predicted octanol–water partition coefficient (Wildman–Crippen LogP) is 0.791. The third-order valence-electron chi connectivity index (χ3n) is 2.45. The van der Waals surface area contributed by atoms with E-state index in [1.165, 1.54) is 11.3 Å². The molecule has 7 heteroatoms. The average Bonchev–Trinajstić information content (AvgIpc) is 2.66. The minimum absolute atomic E-state index is 0.453. The molecule has 0 saturated carbocycles. The van der Waals surface area contributed by atoms with Crippen molar-refractivity contribution in [1.82, 2.24) is 4.98 Å². The van der Waals surface area contributed by atoms with Gasteiger partial charge in [-0.3, -0.25) is 9.59 Å². The summed E-state index contributed by atoms with van der Waals surface area (Å²) < 4.78 is 0. The van der Waals surface area contributed by atoms with E-state index in [0.29, 0.717) is 10.8 Å². The van der Waals surface area contributed by atoms with Crippen molar-refractivity contribution in [2.75, 3.05) is 5.32 Å². The summed E-state index contributed by atoms with van der Waals surface area (Å²) in [5.74, 6) is -1.43. The van der Waals surface area contributed by atoms with Crippen molar-refractivity contribution in [3.05, 3.63) is 11.1 Å².